The molecule has 2 aromatic carbocycles. The van der Waals surface area contributed by atoms with E-state index in [4.69, 9.17) is 15.9 Å². The van der Waals surface area contributed by atoms with Crippen LogP contribution in [0.1, 0.15) is 37.4 Å². The predicted octanol–water partition coefficient (Wildman–Crippen LogP) is 4.40. The number of likely N-dealkylation sites (tertiary alicyclic amines) is 2. The lowest BCUT2D eigenvalue weighted by Gasteiger charge is -2.34. The molecule has 1 aromatic heterocycles. The van der Waals surface area contributed by atoms with Crippen LogP contribution in [0.4, 0.5) is 25.1 Å². The Balaban J connectivity index is 1.40. The number of phenolic OH excluding ortho intramolecular Hbond substituents is 1. The monoisotopic (exact) mass is 646 g/mol. The van der Waals surface area contributed by atoms with Crippen molar-refractivity contribution in [2.75, 3.05) is 50.1 Å². The van der Waals surface area contributed by atoms with Crippen molar-refractivity contribution >= 4 is 34.3 Å². The van der Waals surface area contributed by atoms with E-state index in [1.807, 2.05) is 18.9 Å². The molecule has 2 amide bonds. The molecule has 6 rings (SSSR count). The van der Waals surface area contributed by atoms with Crippen molar-refractivity contribution in [3.63, 3.8) is 0 Å². The fourth-order valence-electron chi connectivity index (χ4n) is 6.73. The Morgan fingerprint density at radius 2 is 2.15 bits per heavy atom. The molecule has 246 valence electrons. The fourth-order valence-corrected chi connectivity index (χ4v) is 6.73. The Morgan fingerprint density at radius 1 is 1.36 bits per heavy atom. The molecule has 3 atom stereocenters. The van der Waals surface area contributed by atoms with Crippen LogP contribution in [-0.4, -0.2) is 95.0 Å². The van der Waals surface area contributed by atoms with E-state index < -0.39 is 23.6 Å². The lowest BCUT2D eigenvalue weighted by molar-refractivity contribution is -0.126. The maximum Gasteiger partial charge on any atom is 0.420 e. The number of carbonyl (C=O) groups excluding carboxylic acids is 2. The molecule has 4 heterocycles. The third kappa shape index (κ3) is 5.89. The van der Waals surface area contributed by atoms with Gasteiger partial charge >= 0.3 is 12.1 Å². The molecule has 2 fully saturated rings. The molecule has 11 nitrogen and oxygen atoms in total. The van der Waals surface area contributed by atoms with Crippen LogP contribution in [0.3, 0.4) is 0 Å². The number of rotatable bonds is 8. The lowest BCUT2D eigenvalue weighted by atomic mass is 10.0. The normalized spacial score (nSPS) is 22.6. The van der Waals surface area contributed by atoms with E-state index in [1.54, 1.807) is 16.8 Å². The van der Waals surface area contributed by atoms with Crippen molar-refractivity contribution in [1.29, 1.82) is 0 Å². The number of aromatic nitrogens is 2. The first-order valence-corrected chi connectivity index (χ1v) is 15.4. The average Bonchev–Trinajstić information content (AvgIpc) is 3.60. The van der Waals surface area contributed by atoms with Gasteiger partial charge in [-0.2, -0.15) is 9.97 Å². The zero-order valence-corrected chi connectivity index (χ0v) is 26.5. The molecular weight excluding hydrogens is 610 g/mol. The van der Waals surface area contributed by atoms with Gasteiger partial charge < -0.3 is 24.4 Å². The zero-order chi connectivity index (χ0) is 33.6. The van der Waals surface area contributed by atoms with Gasteiger partial charge in [0, 0.05) is 50.6 Å². The van der Waals surface area contributed by atoms with Gasteiger partial charge in [-0.05, 0) is 50.4 Å². The second kappa shape index (κ2) is 12.3. The number of aromatic hydroxyl groups is 1. The number of anilines is 2. The van der Waals surface area contributed by atoms with Crippen molar-refractivity contribution in [2.45, 2.75) is 50.5 Å². The molecule has 13 heteroatoms. The summed E-state index contributed by atoms with van der Waals surface area (Å²) in [5, 5.41) is 11.2. The fraction of sp³-hybridized carbons (Fsp3) is 0.412. The third-order valence-corrected chi connectivity index (χ3v) is 9.33. The number of hydrogen-bond donors (Lipinski definition) is 1. The minimum Gasteiger partial charge on any atom is -0.508 e. The van der Waals surface area contributed by atoms with E-state index in [0.717, 1.165) is 12.8 Å². The number of alkyl halides is 1. The SMILES string of the molecule is C#Cc1c(F)ccc2cc(O)cc(N3Cc4nc(OC[C@]5(C)C[C@@H](F)CN5C)nc(N(C)C[C@@H]5CCCN5C(=O)C=C)c4OC3=O)c12. The molecule has 0 radical (unpaired) electrons. The first-order chi connectivity index (χ1) is 22.4. The highest BCUT2D eigenvalue weighted by Gasteiger charge is 2.41. The largest absolute Gasteiger partial charge is 0.508 e. The molecule has 0 bridgehead atoms. The van der Waals surface area contributed by atoms with E-state index in [-0.39, 0.29) is 83.7 Å². The number of carbonyl (C=O) groups is 2. The average molecular weight is 647 g/mol. The van der Waals surface area contributed by atoms with Crippen LogP contribution >= 0.6 is 0 Å². The molecule has 47 heavy (non-hydrogen) atoms. The van der Waals surface area contributed by atoms with Gasteiger partial charge in [0.05, 0.1) is 23.3 Å². The van der Waals surface area contributed by atoms with Crippen molar-refractivity contribution < 1.29 is 33.0 Å². The molecule has 3 aliphatic heterocycles. The van der Waals surface area contributed by atoms with Crippen molar-refractivity contribution in [2.24, 2.45) is 0 Å². The Labute approximate surface area is 271 Å². The van der Waals surface area contributed by atoms with Gasteiger partial charge in [-0.1, -0.05) is 18.6 Å². The van der Waals surface area contributed by atoms with E-state index in [0.29, 0.717) is 18.5 Å². The number of fused-ring (bicyclic) bond motifs is 2. The molecule has 0 aliphatic carbocycles. The van der Waals surface area contributed by atoms with Crippen LogP contribution in [0.15, 0.2) is 36.9 Å². The molecule has 3 aromatic rings. The summed E-state index contributed by atoms with van der Waals surface area (Å²) in [7, 11) is 3.60. The number of nitrogens with zero attached hydrogens (tertiary/aromatic N) is 6. The van der Waals surface area contributed by atoms with Gasteiger partial charge in [0.1, 0.15) is 30.0 Å². The van der Waals surface area contributed by atoms with Crippen molar-refractivity contribution in [3.8, 4) is 29.9 Å². The van der Waals surface area contributed by atoms with Crippen LogP contribution in [0.25, 0.3) is 10.8 Å². The van der Waals surface area contributed by atoms with E-state index in [2.05, 4.69) is 22.5 Å². The number of likely N-dealkylation sites (N-methyl/N-ethyl adjacent to an activating group) is 2. The second-order valence-electron chi connectivity index (χ2n) is 12.6. The Kier molecular flexibility index (Phi) is 8.40. The smallest absolute Gasteiger partial charge is 0.420 e. The molecule has 1 N–H and O–H groups in total. The summed E-state index contributed by atoms with van der Waals surface area (Å²) < 4.78 is 41.1. The molecule has 3 aliphatic rings. The molecule has 0 unspecified atom stereocenters. The van der Waals surface area contributed by atoms with E-state index in [1.165, 1.54) is 35.2 Å². The van der Waals surface area contributed by atoms with Crippen molar-refractivity contribution in [1.82, 2.24) is 19.8 Å². The Hall–Kier alpha value is -4.96. The van der Waals surface area contributed by atoms with E-state index in [9.17, 15) is 23.5 Å². The standard InChI is InChI=1S/C34H36F2N6O5/c1-6-24-25(36)11-10-20-13-23(43)14-27(29(20)24)42-18-26-30(47-33(42)45)31(39(4)17-22-9-8-12-41(22)28(44)7-2)38-32(37-26)46-19-34(3)15-21(35)16-40(34)5/h1,7,10-11,13-14,21-22,43H,2,8-9,12,15-19H2,3-5H3/t21-,22+,34+/m1/s1. The highest BCUT2D eigenvalue weighted by atomic mass is 19.1. The number of benzene rings is 2. The van der Waals surface area contributed by atoms with Gasteiger partial charge in [-0.25, -0.2) is 13.6 Å². The van der Waals surface area contributed by atoms with Crippen LogP contribution in [0.2, 0.25) is 0 Å². The molecule has 0 saturated carbocycles. The highest BCUT2D eigenvalue weighted by Crippen LogP contribution is 2.41. The first kappa shape index (κ1) is 32.0. The third-order valence-electron chi connectivity index (χ3n) is 9.33. The topological polar surface area (TPSA) is 112 Å². The molecule has 2 saturated heterocycles. The summed E-state index contributed by atoms with van der Waals surface area (Å²) in [6, 6.07) is 5.25. The van der Waals surface area contributed by atoms with Crippen LogP contribution < -0.4 is 19.3 Å². The number of terminal acetylenes is 1. The summed E-state index contributed by atoms with van der Waals surface area (Å²) in [6.45, 7) is 6.72. The Morgan fingerprint density at radius 3 is 2.85 bits per heavy atom. The minimum absolute atomic E-state index is 0.0120. The summed E-state index contributed by atoms with van der Waals surface area (Å²) in [5.41, 5.74) is -0.254. The zero-order valence-electron chi connectivity index (χ0n) is 26.5. The van der Waals surface area contributed by atoms with Crippen LogP contribution in [0.5, 0.6) is 17.5 Å². The second-order valence-corrected chi connectivity index (χ2v) is 12.6. The van der Waals surface area contributed by atoms with Gasteiger partial charge in [0.25, 0.3) is 0 Å². The Bertz CT molecular complexity index is 1810. The van der Waals surface area contributed by atoms with Crippen molar-refractivity contribution in [3.05, 3.63) is 54.0 Å². The number of ether oxygens (including phenoxy) is 2. The minimum atomic E-state index is -0.991. The number of halogens is 2. The predicted molar refractivity (Wildman–Crippen MR) is 172 cm³/mol. The highest BCUT2D eigenvalue weighted by molar-refractivity contribution is 6.06. The van der Waals surface area contributed by atoms with Gasteiger partial charge in [-0.3, -0.25) is 14.6 Å². The van der Waals surface area contributed by atoms with Gasteiger partial charge in [0.15, 0.2) is 11.6 Å². The summed E-state index contributed by atoms with van der Waals surface area (Å²) >= 11 is 0. The molecule has 0 spiro atoms. The summed E-state index contributed by atoms with van der Waals surface area (Å²) in [6.07, 6.45) is 7.03. The first-order valence-electron chi connectivity index (χ1n) is 15.4. The quantitative estimate of drug-likeness (QED) is 0.281. The number of amides is 2. The number of phenols is 1. The van der Waals surface area contributed by atoms with Crippen LogP contribution in [0, 0.1) is 18.2 Å². The lowest BCUT2D eigenvalue weighted by Crippen LogP contribution is -2.44. The summed E-state index contributed by atoms with van der Waals surface area (Å²) in [4.78, 5) is 42.0. The number of hydrogen-bond acceptors (Lipinski definition) is 9. The van der Waals surface area contributed by atoms with Crippen LogP contribution in [-0.2, 0) is 11.3 Å². The van der Waals surface area contributed by atoms with E-state index >= 15 is 0 Å². The van der Waals surface area contributed by atoms with Gasteiger partial charge in [0.2, 0.25) is 5.91 Å². The summed E-state index contributed by atoms with van der Waals surface area (Å²) in [5.74, 6) is 1.73. The molecular formula is C34H36F2N6O5. The maximum atomic E-state index is 14.8. The maximum absolute atomic E-state index is 14.8. The van der Waals surface area contributed by atoms with Gasteiger partial charge in [-0.15, -0.1) is 6.42 Å².